The SMILES string of the molecule is O=C(NCCc1ccccc1F)C1CCN(Cc2nc(-c3ccc(C(F)(F)F)cc3)no2)CC1. The van der Waals surface area contributed by atoms with Gasteiger partial charge in [0.1, 0.15) is 5.82 Å². The molecular formula is C24H24F4N4O2. The highest BCUT2D eigenvalue weighted by Gasteiger charge is 2.30. The van der Waals surface area contributed by atoms with Gasteiger partial charge in [0.2, 0.25) is 17.6 Å². The van der Waals surface area contributed by atoms with Crippen LogP contribution in [0.15, 0.2) is 53.1 Å². The Morgan fingerprint density at radius 2 is 1.79 bits per heavy atom. The number of carbonyl (C=O) groups excluding carboxylic acids is 1. The number of halogens is 4. The number of hydrogen-bond donors (Lipinski definition) is 1. The van der Waals surface area contributed by atoms with Crippen molar-refractivity contribution in [2.45, 2.75) is 32.0 Å². The molecule has 1 N–H and O–H groups in total. The van der Waals surface area contributed by atoms with Gasteiger partial charge in [-0.15, -0.1) is 0 Å². The van der Waals surface area contributed by atoms with Crippen LogP contribution in [0.1, 0.15) is 29.9 Å². The fourth-order valence-electron chi connectivity index (χ4n) is 3.96. The van der Waals surface area contributed by atoms with Gasteiger partial charge in [0.15, 0.2) is 0 Å². The van der Waals surface area contributed by atoms with Gasteiger partial charge in [-0.3, -0.25) is 9.69 Å². The van der Waals surface area contributed by atoms with E-state index in [2.05, 4.69) is 20.4 Å². The van der Waals surface area contributed by atoms with Gasteiger partial charge in [0.25, 0.3) is 0 Å². The second-order valence-corrected chi connectivity index (χ2v) is 8.27. The lowest BCUT2D eigenvalue weighted by atomic mass is 9.96. The molecule has 0 atom stereocenters. The molecule has 1 aromatic heterocycles. The maximum absolute atomic E-state index is 13.7. The lowest BCUT2D eigenvalue weighted by Crippen LogP contribution is -2.40. The van der Waals surface area contributed by atoms with Crippen molar-refractivity contribution in [3.8, 4) is 11.4 Å². The summed E-state index contributed by atoms with van der Waals surface area (Å²) in [4.78, 5) is 18.8. The van der Waals surface area contributed by atoms with Crippen LogP contribution in [0.25, 0.3) is 11.4 Å². The van der Waals surface area contributed by atoms with Crippen LogP contribution in [-0.2, 0) is 23.9 Å². The van der Waals surface area contributed by atoms with E-state index in [1.807, 2.05) is 0 Å². The second-order valence-electron chi connectivity index (χ2n) is 8.27. The highest BCUT2D eigenvalue weighted by molar-refractivity contribution is 5.78. The summed E-state index contributed by atoms with van der Waals surface area (Å²) in [5.41, 5.74) is 0.278. The molecule has 1 saturated heterocycles. The molecule has 4 rings (SSSR count). The van der Waals surface area contributed by atoms with Crippen molar-refractivity contribution >= 4 is 5.91 Å². The van der Waals surface area contributed by atoms with Crippen LogP contribution in [0, 0.1) is 11.7 Å². The van der Waals surface area contributed by atoms with Crippen LogP contribution >= 0.6 is 0 Å². The monoisotopic (exact) mass is 476 g/mol. The number of nitrogens with one attached hydrogen (secondary N) is 1. The summed E-state index contributed by atoms with van der Waals surface area (Å²) in [7, 11) is 0. The summed E-state index contributed by atoms with van der Waals surface area (Å²) in [5, 5.41) is 6.76. The Morgan fingerprint density at radius 1 is 1.09 bits per heavy atom. The van der Waals surface area contributed by atoms with E-state index in [1.165, 1.54) is 18.2 Å². The largest absolute Gasteiger partial charge is 0.416 e. The number of amides is 1. The summed E-state index contributed by atoms with van der Waals surface area (Å²) < 4.78 is 57.1. The van der Waals surface area contributed by atoms with Gasteiger partial charge in [0, 0.05) is 18.0 Å². The molecule has 10 heteroatoms. The van der Waals surface area contributed by atoms with Crippen molar-refractivity contribution < 1.29 is 26.9 Å². The lowest BCUT2D eigenvalue weighted by Gasteiger charge is -2.30. The molecule has 0 radical (unpaired) electrons. The van der Waals surface area contributed by atoms with Crippen molar-refractivity contribution in [2.24, 2.45) is 5.92 Å². The molecule has 1 amide bonds. The molecule has 180 valence electrons. The predicted molar refractivity (Wildman–Crippen MR) is 116 cm³/mol. The van der Waals surface area contributed by atoms with Crippen molar-refractivity contribution in [1.29, 1.82) is 0 Å². The van der Waals surface area contributed by atoms with Crippen LogP contribution < -0.4 is 5.32 Å². The predicted octanol–water partition coefficient (Wildman–Crippen LogP) is 4.47. The molecule has 0 saturated carbocycles. The third-order valence-electron chi connectivity index (χ3n) is 5.91. The minimum absolute atomic E-state index is 0.0293. The van der Waals surface area contributed by atoms with Gasteiger partial charge in [-0.1, -0.05) is 35.5 Å². The van der Waals surface area contributed by atoms with Gasteiger partial charge < -0.3 is 9.84 Å². The Labute approximate surface area is 194 Å². The fourth-order valence-corrected chi connectivity index (χ4v) is 3.96. The van der Waals surface area contributed by atoms with E-state index in [9.17, 15) is 22.4 Å². The normalized spacial score (nSPS) is 15.4. The van der Waals surface area contributed by atoms with E-state index in [4.69, 9.17) is 4.52 Å². The third-order valence-corrected chi connectivity index (χ3v) is 5.91. The van der Waals surface area contributed by atoms with Gasteiger partial charge in [0.05, 0.1) is 12.1 Å². The first kappa shape index (κ1) is 23.9. The summed E-state index contributed by atoms with van der Waals surface area (Å²) in [5.74, 6) is 0.184. The fraction of sp³-hybridized carbons (Fsp3) is 0.375. The molecule has 0 spiro atoms. The number of benzene rings is 2. The Balaban J connectivity index is 1.22. The number of alkyl halides is 3. The highest BCUT2D eigenvalue weighted by atomic mass is 19.4. The van der Waals surface area contributed by atoms with E-state index in [0.717, 1.165) is 12.1 Å². The number of nitrogens with zero attached hydrogens (tertiary/aromatic N) is 3. The van der Waals surface area contributed by atoms with E-state index in [-0.39, 0.29) is 23.5 Å². The van der Waals surface area contributed by atoms with Crippen molar-refractivity contribution in [3.63, 3.8) is 0 Å². The number of rotatable bonds is 7. The number of likely N-dealkylation sites (tertiary alicyclic amines) is 1. The zero-order valence-electron chi connectivity index (χ0n) is 18.3. The molecule has 34 heavy (non-hydrogen) atoms. The Morgan fingerprint density at radius 3 is 2.47 bits per heavy atom. The number of aromatic nitrogens is 2. The van der Waals surface area contributed by atoms with Gasteiger partial charge >= 0.3 is 6.18 Å². The quantitative estimate of drug-likeness (QED) is 0.510. The Kier molecular flexibility index (Phi) is 7.26. The van der Waals surface area contributed by atoms with Gasteiger partial charge in [-0.2, -0.15) is 18.2 Å². The first-order valence-electron chi connectivity index (χ1n) is 11.0. The third kappa shape index (κ3) is 5.99. The first-order valence-corrected chi connectivity index (χ1v) is 11.0. The van der Waals surface area contributed by atoms with Crippen LogP contribution in [-0.4, -0.2) is 40.6 Å². The maximum atomic E-state index is 13.7. The summed E-state index contributed by atoms with van der Waals surface area (Å²) >= 11 is 0. The molecule has 0 bridgehead atoms. The number of carbonyl (C=O) groups is 1. The summed E-state index contributed by atoms with van der Waals surface area (Å²) in [6.07, 6.45) is -2.61. The molecule has 2 heterocycles. The molecule has 3 aromatic rings. The van der Waals surface area contributed by atoms with Gasteiger partial charge in [-0.25, -0.2) is 4.39 Å². The second kappa shape index (κ2) is 10.3. The maximum Gasteiger partial charge on any atom is 0.416 e. The standard InChI is InChI=1S/C24H24F4N4O2/c25-20-4-2-1-3-16(20)9-12-29-23(33)18-10-13-32(14-11-18)15-21-30-22(31-34-21)17-5-7-19(8-6-17)24(26,27)28/h1-8,18H,9-15H2,(H,29,33). The molecule has 1 aliphatic heterocycles. The van der Waals surface area contributed by atoms with Gasteiger partial charge in [-0.05, 0) is 56.1 Å². The zero-order valence-corrected chi connectivity index (χ0v) is 18.3. The summed E-state index contributed by atoms with van der Waals surface area (Å²) in [6.45, 7) is 2.12. The molecule has 6 nitrogen and oxygen atoms in total. The Hall–Kier alpha value is -3.27. The van der Waals surface area contributed by atoms with E-state index in [1.54, 1.807) is 18.2 Å². The van der Waals surface area contributed by atoms with Crippen LogP contribution in [0.3, 0.4) is 0 Å². The minimum Gasteiger partial charge on any atom is -0.356 e. The smallest absolute Gasteiger partial charge is 0.356 e. The topological polar surface area (TPSA) is 71.3 Å². The molecule has 2 aromatic carbocycles. The zero-order chi connectivity index (χ0) is 24.1. The van der Waals surface area contributed by atoms with Crippen LogP contribution in [0.4, 0.5) is 17.6 Å². The van der Waals surface area contributed by atoms with Crippen molar-refractivity contribution in [2.75, 3.05) is 19.6 Å². The van der Waals surface area contributed by atoms with E-state index in [0.29, 0.717) is 62.5 Å². The average molecular weight is 476 g/mol. The lowest BCUT2D eigenvalue weighted by molar-refractivity contribution is -0.137. The molecular weight excluding hydrogens is 452 g/mol. The van der Waals surface area contributed by atoms with E-state index >= 15 is 0 Å². The average Bonchev–Trinajstić information content (AvgIpc) is 3.29. The molecule has 1 aliphatic rings. The first-order chi connectivity index (χ1) is 16.3. The number of piperidine rings is 1. The minimum atomic E-state index is -4.40. The molecule has 0 aliphatic carbocycles. The van der Waals surface area contributed by atoms with Crippen LogP contribution in [0.2, 0.25) is 0 Å². The molecule has 0 unspecified atom stereocenters. The molecule has 1 fully saturated rings. The highest BCUT2D eigenvalue weighted by Crippen LogP contribution is 2.30. The van der Waals surface area contributed by atoms with E-state index < -0.39 is 11.7 Å². The van der Waals surface area contributed by atoms with Crippen LogP contribution in [0.5, 0.6) is 0 Å². The summed E-state index contributed by atoms with van der Waals surface area (Å²) in [6, 6.07) is 11.1. The van der Waals surface area contributed by atoms with Crippen molar-refractivity contribution in [1.82, 2.24) is 20.4 Å². The Bertz CT molecular complexity index is 1110. The van der Waals surface area contributed by atoms with Crippen molar-refractivity contribution in [3.05, 3.63) is 71.4 Å². The number of hydrogen-bond acceptors (Lipinski definition) is 5.